The molecule has 0 atom stereocenters. The average molecular weight is 423 g/mol. The summed E-state index contributed by atoms with van der Waals surface area (Å²) in [6, 6.07) is 8.01. The normalized spacial score (nSPS) is 14.5. The largest absolute Gasteiger partial charge is 0.416 e. The molecular weight excluding hydrogens is 403 g/mol. The number of amides is 1. The first-order chi connectivity index (χ1) is 14.2. The number of carbonyl (C=O) groups is 1. The van der Waals surface area contributed by atoms with Gasteiger partial charge in [0.15, 0.2) is 0 Å². The quantitative estimate of drug-likeness (QED) is 0.586. The minimum Gasteiger partial charge on any atom is -0.378 e. The molecule has 0 radical (unpaired) electrons. The molecule has 160 valence electrons. The molecule has 0 spiro atoms. The monoisotopic (exact) mass is 423 g/mol. The summed E-state index contributed by atoms with van der Waals surface area (Å²) in [5.41, 5.74) is -0.511. The Morgan fingerprint density at radius 3 is 2.57 bits per heavy atom. The van der Waals surface area contributed by atoms with E-state index in [1.165, 1.54) is 31.2 Å². The van der Waals surface area contributed by atoms with Crippen LogP contribution in [0.4, 0.5) is 24.5 Å². The van der Waals surface area contributed by atoms with Crippen LogP contribution in [0.2, 0.25) is 0 Å². The van der Waals surface area contributed by atoms with Crippen LogP contribution in [0.25, 0.3) is 0 Å². The molecule has 10 heteroatoms. The van der Waals surface area contributed by atoms with Gasteiger partial charge in [-0.3, -0.25) is 14.9 Å². The maximum absolute atomic E-state index is 13.6. The number of hydrogen-bond acceptors (Lipinski definition) is 5. The molecule has 2 aromatic carbocycles. The van der Waals surface area contributed by atoms with Crippen LogP contribution in [0.3, 0.4) is 0 Å². The Balaban J connectivity index is 1.81. The molecule has 1 heterocycles. The van der Waals surface area contributed by atoms with E-state index in [0.29, 0.717) is 32.0 Å². The Morgan fingerprint density at radius 2 is 1.93 bits per heavy atom. The van der Waals surface area contributed by atoms with E-state index in [1.54, 1.807) is 6.07 Å². The smallest absolute Gasteiger partial charge is 0.378 e. The molecule has 2 aromatic rings. The van der Waals surface area contributed by atoms with E-state index in [0.717, 1.165) is 6.07 Å². The van der Waals surface area contributed by atoms with E-state index in [-0.39, 0.29) is 28.9 Å². The summed E-state index contributed by atoms with van der Waals surface area (Å²) >= 11 is 0. The van der Waals surface area contributed by atoms with Crippen LogP contribution in [-0.4, -0.2) is 37.1 Å². The standard InChI is InChI=1S/C20H20F3N3O4/c1-13-16(3-2-4-18(13)26(28)29)19(27)24-12-14-5-6-15(11-17(14)20(21,22)23)25-7-9-30-10-8-25/h2-6,11H,7-10,12H2,1H3,(H,24,27). The summed E-state index contributed by atoms with van der Waals surface area (Å²) in [4.78, 5) is 24.7. The van der Waals surface area contributed by atoms with Crippen molar-refractivity contribution in [3.63, 3.8) is 0 Å². The Kier molecular flexibility index (Phi) is 6.25. The number of rotatable bonds is 5. The van der Waals surface area contributed by atoms with E-state index in [2.05, 4.69) is 5.32 Å². The van der Waals surface area contributed by atoms with Crippen molar-refractivity contribution in [2.24, 2.45) is 0 Å². The second-order valence-corrected chi connectivity index (χ2v) is 6.83. The highest BCUT2D eigenvalue weighted by atomic mass is 19.4. The third-order valence-electron chi connectivity index (χ3n) is 4.96. The van der Waals surface area contributed by atoms with Crippen LogP contribution >= 0.6 is 0 Å². The van der Waals surface area contributed by atoms with Gasteiger partial charge in [0.25, 0.3) is 11.6 Å². The molecule has 0 saturated carbocycles. The summed E-state index contributed by atoms with van der Waals surface area (Å²) < 4.78 is 46.1. The van der Waals surface area contributed by atoms with E-state index >= 15 is 0 Å². The van der Waals surface area contributed by atoms with E-state index in [4.69, 9.17) is 4.74 Å². The lowest BCUT2D eigenvalue weighted by atomic mass is 10.0. The van der Waals surface area contributed by atoms with Crippen LogP contribution in [0.1, 0.15) is 27.0 Å². The predicted molar refractivity (Wildman–Crippen MR) is 103 cm³/mol. The lowest BCUT2D eigenvalue weighted by Gasteiger charge is -2.29. The fraction of sp³-hybridized carbons (Fsp3) is 0.350. The molecule has 30 heavy (non-hydrogen) atoms. The van der Waals surface area contributed by atoms with Crippen LogP contribution in [0, 0.1) is 17.0 Å². The lowest BCUT2D eigenvalue weighted by molar-refractivity contribution is -0.385. The van der Waals surface area contributed by atoms with Gasteiger partial charge in [0.05, 0.1) is 23.7 Å². The number of nitro benzene ring substituents is 1. The molecular formula is C20H20F3N3O4. The summed E-state index contributed by atoms with van der Waals surface area (Å²) in [5.74, 6) is -0.679. The summed E-state index contributed by atoms with van der Waals surface area (Å²) in [6.07, 6.45) is -4.59. The molecule has 1 fully saturated rings. The Bertz CT molecular complexity index is 957. The minimum atomic E-state index is -4.59. The Hall–Kier alpha value is -3.14. The number of halogens is 3. The third kappa shape index (κ3) is 4.70. The summed E-state index contributed by atoms with van der Waals surface area (Å²) in [6.45, 7) is 2.95. The topological polar surface area (TPSA) is 84.7 Å². The number of ether oxygens (including phenoxy) is 1. The number of carbonyl (C=O) groups excluding carboxylic acids is 1. The highest BCUT2D eigenvalue weighted by molar-refractivity contribution is 5.96. The van der Waals surface area contributed by atoms with Gasteiger partial charge in [-0.25, -0.2) is 0 Å². The van der Waals surface area contributed by atoms with Gasteiger partial charge in [-0.2, -0.15) is 13.2 Å². The fourth-order valence-electron chi connectivity index (χ4n) is 3.34. The lowest BCUT2D eigenvalue weighted by Crippen LogP contribution is -2.36. The molecule has 0 unspecified atom stereocenters. The summed E-state index contributed by atoms with van der Waals surface area (Å²) in [7, 11) is 0. The molecule has 1 aliphatic heterocycles. The van der Waals surface area contributed by atoms with Crippen molar-refractivity contribution in [2.75, 3.05) is 31.2 Å². The molecule has 7 nitrogen and oxygen atoms in total. The fourth-order valence-corrected chi connectivity index (χ4v) is 3.34. The zero-order valence-electron chi connectivity index (χ0n) is 16.2. The molecule has 0 bridgehead atoms. The number of hydrogen-bond donors (Lipinski definition) is 1. The number of anilines is 1. The van der Waals surface area contributed by atoms with Gasteiger partial charge in [0.2, 0.25) is 0 Å². The van der Waals surface area contributed by atoms with Gasteiger partial charge in [-0.15, -0.1) is 0 Å². The SMILES string of the molecule is Cc1c(C(=O)NCc2ccc(N3CCOCC3)cc2C(F)(F)F)cccc1[N+](=O)[O-]. The van der Waals surface area contributed by atoms with Crippen molar-refractivity contribution < 1.29 is 27.6 Å². The van der Waals surface area contributed by atoms with Crippen molar-refractivity contribution >= 4 is 17.3 Å². The van der Waals surface area contributed by atoms with E-state index in [1.807, 2.05) is 4.90 Å². The number of nitrogens with zero attached hydrogens (tertiary/aromatic N) is 2. The first kappa shape index (κ1) is 21.6. The maximum Gasteiger partial charge on any atom is 0.416 e. The minimum absolute atomic E-state index is 0.0442. The van der Waals surface area contributed by atoms with Gasteiger partial charge < -0.3 is 15.0 Å². The molecule has 1 aliphatic rings. The average Bonchev–Trinajstić information content (AvgIpc) is 2.72. The predicted octanol–water partition coefficient (Wildman–Crippen LogP) is 3.69. The maximum atomic E-state index is 13.6. The van der Waals surface area contributed by atoms with Gasteiger partial charge in [0.1, 0.15) is 0 Å². The Labute approximate surface area is 170 Å². The molecule has 3 rings (SSSR count). The van der Waals surface area contributed by atoms with Crippen molar-refractivity contribution in [2.45, 2.75) is 19.6 Å². The summed E-state index contributed by atoms with van der Waals surface area (Å²) in [5, 5.41) is 13.5. The van der Waals surface area contributed by atoms with Crippen LogP contribution in [-0.2, 0) is 17.5 Å². The number of nitro groups is 1. The first-order valence-corrected chi connectivity index (χ1v) is 9.23. The van der Waals surface area contributed by atoms with E-state index < -0.39 is 22.6 Å². The zero-order valence-corrected chi connectivity index (χ0v) is 16.2. The third-order valence-corrected chi connectivity index (χ3v) is 4.96. The zero-order chi connectivity index (χ0) is 21.9. The number of nitrogens with one attached hydrogen (secondary N) is 1. The molecule has 1 N–H and O–H groups in total. The van der Waals surface area contributed by atoms with Crippen molar-refractivity contribution in [1.82, 2.24) is 5.32 Å². The van der Waals surface area contributed by atoms with Crippen molar-refractivity contribution in [3.05, 3.63) is 68.8 Å². The molecule has 1 saturated heterocycles. The first-order valence-electron chi connectivity index (χ1n) is 9.23. The highest BCUT2D eigenvalue weighted by Gasteiger charge is 2.34. The van der Waals surface area contributed by atoms with Crippen LogP contribution in [0.15, 0.2) is 36.4 Å². The number of morpholine rings is 1. The number of benzene rings is 2. The van der Waals surface area contributed by atoms with E-state index in [9.17, 15) is 28.1 Å². The highest BCUT2D eigenvalue weighted by Crippen LogP contribution is 2.35. The van der Waals surface area contributed by atoms with Gasteiger partial charge in [0, 0.05) is 42.5 Å². The van der Waals surface area contributed by atoms with Crippen LogP contribution < -0.4 is 10.2 Å². The molecule has 0 aliphatic carbocycles. The van der Waals surface area contributed by atoms with Crippen molar-refractivity contribution in [3.8, 4) is 0 Å². The number of alkyl halides is 3. The van der Waals surface area contributed by atoms with Crippen LogP contribution in [0.5, 0.6) is 0 Å². The second-order valence-electron chi connectivity index (χ2n) is 6.83. The van der Waals surface area contributed by atoms with Crippen molar-refractivity contribution in [1.29, 1.82) is 0 Å². The van der Waals surface area contributed by atoms with Gasteiger partial charge in [-0.1, -0.05) is 12.1 Å². The molecule has 0 aromatic heterocycles. The van der Waals surface area contributed by atoms with Gasteiger partial charge in [-0.05, 0) is 30.7 Å². The molecule has 1 amide bonds. The van der Waals surface area contributed by atoms with Gasteiger partial charge >= 0.3 is 6.18 Å². The second kappa shape index (κ2) is 8.70. The Morgan fingerprint density at radius 1 is 1.23 bits per heavy atom.